The lowest BCUT2D eigenvalue weighted by Crippen LogP contribution is -2.06. The molecule has 0 saturated heterocycles. The van der Waals surface area contributed by atoms with E-state index in [1.807, 2.05) is 0 Å². The van der Waals surface area contributed by atoms with Gasteiger partial charge in [0.05, 0.1) is 0 Å². The second kappa shape index (κ2) is 12.6. The summed E-state index contributed by atoms with van der Waals surface area (Å²) in [6.45, 7) is 2.30. The molecule has 3 aliphatic carbocycles. The van der Waals surface area contributed by atoms with Crippen LogP contribution in [0.3, 0.4) is 0 Å². The molecular formula is C23H40. The van der Waals surface area contributed by atoms with E-state index in [1.165, 1.54) is 70.6 Å². The molecule has 0 aliphatic heterocycles. The summed E-state index contributed by atoms with van der Waals surface area (Å²) in [6, 6.07) is 0. The molecule has 0 N–H and O–H groups in total. The van der Waals surface area contributed by atoms with Gasteiger partial charge < -0.3 is 0 Å². The number of hydrogen-bond donors (Lipinski definition) is 0. The topological polar surface area (TPSA) is 0 Å². The van der Waals surface area contributed by atoms with Crippen molar-refractivity contribution >= 4 is 0 Å². The number of unbranched alkanes of at least 4 members (excludes halogenated alkanes) is 7. The zero-order chi connectivity index (χ0) is 15.5. The van der Waals surface area contributed by atoms with E-state index in [-0.39, 0.29) is 7.43 Å². The number of rotatable bonds is 9. The first-order valence-corrected chi connectivity index (χ1v) is 9.90. The molecule has 0 heterocycles. The smallest absolute Gasteiger partial charge is 0.0163 e. The maximum absolute atomic E-state index is 2.50. The monoisotopic (exact) mass is 316 g/mol. The summed E-state index contributed by atoms with van der Waals surface area (Å²) in [5, 5.41) is 0. The van der Waals surface area contributed by atoms with Gasteiger partial charge in [-0.15, -0.1) is 0 Å². The highest BCUT2D eigenvalue weighted by atomic mass is 14.4. The van der Waals surface area contributed by atoms with E-state index in [0.29, 0.717) is 0 Å². The molecule has 0 heteroatoms. The Hall–Kier alpha value is -0.780. The van der Waals surface area contributed by atoms with Gasteiger partial charge in [0.15, 0.2) is 0 Å². The molecule has 3 unspecified atom stereocenters. The van der Waals surface area contributed by atoms with Gasteiger partial charge in [-0.2, -0.15) is 0 Å². The van der Waals surface area contributed by atoms with Gasteiger partial charge in [-0.25, -0.2) is 0 Å². The van der Waals surface area contributed by atoms with E-state index in [2.05, 4.69) is 43.4 Å². The maximum Gasteiger partial charge on any atom is -0.0163 e. The zero-order valence-corrected chi connectivity index (χ0v) is 14.7. The normalized spacial score (nSPS) is 26.2. The van der Waals surface area contributed by atoms with E-state index in [1.54, 1.807) is 0 Å². The molecule has 132 valence electrons. The van der Waals surface area contributed by atoms with Gasteiger partial charge >= 0.3 is 0 Å². The molecule has 0 spiro atoms. The largest absolute Gasteiger partial charge is 0.0851 e. The summed E-state index contributed by atoms with van der Waals surface area (Å²) in [6.07, 6.45) is 30.7. The zero-order valence-electron chi connectivity index (χ0n) is 14.7. The molecule has 1 saturated carbocycles. The van der Waals surface area contributed by atoms with Crippen molar-refractivity contribution in [3.05, 3.63) is 36.5 Å². The fourth-order valence-electron chi connectivity index (χ4n) is 4.16. The molecular weight excluding hydrogens is 276 g/mol. The average molecular weight is 317 g/mol. The van der Waals surface area contributed by atoms with Crippen LogP contribution in [0.5, 0.6) is 0 Å². The van der Waals surface area contributed by atoms with E-state index < -0.39 is 0 Å². The predicted molar refractivity (Wildman–Crippen MR) is 106 cm³/mol. The van der Waals surface area contributed by atoms with Gasteiger partial charge in [0.25, 0.3) is 0 Å². The minimum Gasteiger partial charge on any atom is -0.0851 e. The van der Waals surface area contributed by atoms with Crippen molar-refractivity contribution in [1.29, 1.82) is 0 Å². The van der Waals surface area contributed by atoms with Crippen LogP contribution < -0.4 is 0 Å². The second-order valence-corrected chi connectivity index (χ2v) is 7.40. The van der Waals surface area contributed by atoms with Crippen molar-refractivity contribution < 1.29 is 0 Å². The molecule has 0 radical (unpaired) electrons. The van der Waals surface area contributed by atoms with Crippen LogP contribution in [0.25, 0.3) is 0 Å². The summed E-state index contributed by atoms with van der Waals surface area (Å²) < 4.78 is 0. The van der Waals surface area contributed by atoms with Gasteiger partial charge in [0.1, 0.15) is 0 Å². The Morgan fingerprint density at radius 1 is 0.783 bits per heavy atom. The summed E-state index contributed by atoms with van der Waals surface area (Å²) >= 11 is 0. The fourth-order valence-corrected chi connectivity index (χ4v) is 4.16. The minimum atomic E-state index is 0. The van der Waals surface area contributed by atoms with Gasteiger partial charge in [0.2, 0.25) is 0 Å². The van der Waals surface area contributed by atoms with Gasteiger partial charge in [-0.3, -0.25) is 0 Å². The van der Waals surface area contributed by atoms with Crippen LogP contribution in [0.2, 0.25) is 0 Å². The Morgan fingerprint density at radius 2 is 1.43 bits per heavy atom. The molecule has 23 heavy (non-hydrogen) atoms. The van der Waals surface area contributed by atoms with Crippen LogP contribution in [0, 0.1) is 17.8 Å². The molecule has 3 aliphatic rings. The number of fused-ring (bicyclic) bond motifs is 2. The third-order valence-electron chi connectivity index (χ3n) is 5.50. The van der Waals surface area contributed by atoms with Crippen molar-refractivity contribution in [3.63, 3.8) is 0 Å². The van der Waals surface area contributed by atoms with Crippen molar-refractivity contribution in [3.8, 4) is 0 Å². The average Bonchev–Trinajstić information content (AvgIpc) is 3.29. The first-order chi connectivity index (χ1) is 10.9. The Bertz CT molecular complexity index is 350. The van der Waals surface area contributed by atoms with E-state index >= 15 is 0 Å². The van der Waals surface area contributed by atoms with Gasteiger partial charge in [-0.1, -0.05) is 102 Å². The number of allylic oxidation sites excluding steroid dienone is 6. The van der Waals surface area contributed by atoms with E-state index in [4.69, 9.17) is 0 Å². The number of hydrogen-bond acceptors (Lipinski definition) is 0. The molecule has 3 atom stereocenters. The minimum absolute atomic E-state index is 0. The van der Waals surface area contributed by atoms with Crippen molar-refractivity contribution in [2.75, 3.05) is 0 Å². The third-order valence-corrected chi connectivity index (χ3v) is 5.50. The molecule has 2 bridgehead atoms. The Morgan fingerprint density at radius 3 is 1.91 bits per heavy atom. The quantitative estimate of drug-likeness (QED) is 0.300. The standard InChI is InChI=1S/C17H30.C5H6.CH4/c1-2-3-4-5-6-7-8-9-10-16-13-15-11-12-17(16)14-15;1-2-4-5-3-1;/h11-12,15-17H,2-10,13-14H2,1H3;1-4H,5H2;1H4. The highest BCUT2D eigenvalue weighted by Gasteiger charge is 2.34. The molecule has 0 amide bonds. The summed E-state index contributed by atoms with van der Waals surface area (Å²) in [7, 11) is 0. The predicted octanol–water partition coefficient (Wildman–Crippen LogP) is 7.87. The van der Waals surface area contributed by atoms with Gasteiger partial charge in [-0.05, 0) is 43.4 Å². The van der Waals surface area contributed by atoms with Crippen LogP contribution in [0.1, 0.15) is 91.4 Å². The Labute approximate surface area is 146 Å². The van der Waals surface area contributed by atoms with E-state index in [9.17, 15) is 0 Å². The summed E-state index contributed by atoms with van der Waals surface area (Å²) in [5.41, 5.74) is 0. The molecule has 0 nitrogen and oxygen atoms in total. The van der Waals surface area contributed by atoms with Crippen LogP contribution in [-0.4, -0.2) is 0 Å². The Kier molecular flexibility index (Phi) is 11.1. The van der Waals surface area contributed by atoms with Crippen molar-refractivity contribution in [2.24, 2.45) is 17.8 Å². The second-order valence-electron chi connectivity index (χ2n) is 7.40. The SMILES string of the molecule is C.C1=CCC=C1.CCCCCCCCCCC1CC2C=CC1C2. The van der Waals surface area contributed by atoms with E-state index in [0.717, 1.165) is 24.2 Å². The first-order valence-electron chi connectivity index (χ1n) is 9.90. The molecule has 0 aromatic rings. The summed E-state index contributed by atoms with van der Waals surface area (Å²) in [4.78, 5) is 0. The lowest BCUT2D eigenvalue weighted by molar-refractivity contribution is 0.393. The molecule has 3 rings (SSSR count). The van der Waals surface area contributed by atoms with Crippen LogP contribution >= 0.6 is 0 Å². The molecule has 0 aromatic heterocycles. The van der Waals surface area contributed by atoms with Crippen LogP contribution in [-0.2, 0) is 0 Å². The van der Waals surface area contributed by atoms with Crippen LogP contribution in [0.15, 0.2) is 36.5 Å². The van der Waals surface area contributed by atoms with Crippen molar-refractivity contribution in [1.82, 2.24) is 0 Å². The first kappa shape index (κ1) is 20.3. The third kappa shape index (κ3) is 8.04. The lowest BCUT2D eigenvalue weighted by atomic mass is 9.88. The lowest BCUT2D eigenvalue weighted by Gasteiger charge is -2.17. The van der Waals surface area contributed by atoms with Crippen molar-refractivity contribution in [2.45, 2.75) is 91.4 Å². The highest BCUT2D eigenvalue weighted by molar-refractivity contribution is 5.12. The molecule has 1 fully saturated rings. The summed E-state index contributed by atoms with van der Waals surface area (Å²) in [5.74, 6) is 3.01. The highest BCUT2D eigenvalue weighted by Crippen LogP contribution is 2.45. The van der Waals surface area contributed by atoms with Gasteiger partial charge in [0, 0.05) is 0 Å². The Balaban J connectivity index is 0.000000377. The van der Waals surface area contributed by atoms with Crippen LogP contribution in [0.4, 0.5) is 0 Å². The molecule has 0 aromatic carbocycles. The fraction of sp³-hybridized carbons (Fsp3) is 0.739. The maximum atomic E-state index is 2.50.